The Morgan fingerprint density at radius 3 is 2.90 bits per heavy atom. The van der Waals surface area contributed by atoms with Gasteiger partial charge in [0.05, 0.1) is 5.39 Å². The second kappa shape index (κ2) is 7.92. The largest absolute Gasteiger partial charge is 0.381 e. The normalized spacial score (nSPS) is 11.5. The molecular formula is C15H22ClN3OS. The fourth-order valence-electron chi connectivity index (χ4n) is 1.95. The van der Waals surface area contributed by atoms with Gasteiger partial charge in [-0.05, 0) is 36.4 Å². The van der Waals surface area contributed by atoms with Gasteiger partial charge in [-0.3, -0.25) is 0 Å². The Morgan fingerprint density at radius 1 is 1.38 bits per heavy atom. The number of halogens is 1. The Labute approximate surface area is 134 Å². The molecule has 1 N–H and O–H groups in total. The number of hydrogen-bond acceptors (Lipinski definition) is 5. The van der Waals surface area contributed by atoms with Crippen molar-refractivity contribution in [1.29, 1.82) is 0 Å². The van der Waals surface area contributed by atoms with Crippen molar-refractivity contribution in [3.05, 3.63) is 16.2 Å². The number of thiophene rings is 1. The number of ether oxygens (including phenoxy) is 1. The summed E-state index contributed by atoms with van der Waals surface area (Å²) in [6, 6.07) is 2.15. The lowest BCUT2D eigenvalue weighted by Gasteiger charge is -2.08. The van der Waals surface area contributed by atoms with E-state index in [0.717, 1.165) is 48.6 Å². The number of rotatable bonds is 8. The third-order valence-corrected chi connectivity index (χ3v) is 4.32. The fourth-order valence-corrected chi connectivity index (χ4v) is 3.14. The van der Waals surface area contributed by atoms with Crippen LogP contribution in [0, 0.1) is 5.92 Å². The minimum Gasteiger partial charge on any atom is -0.381 e. The van der Waals surface area contributed by atoms with Crippen LogP contribution in [0.15, 0.2) is 6.07 Å². The average molecular weight is 328 g/mol. The zero-order valence-electron chi connectivity index (χ0n) is 12.8. The highest BCUT2D eigenvalue weighted by atomic mass is 35.5. The van der Waals surface area contributed by atoms with Gasteiger partial charge in [-0.15, -0.1) is 11.3 Å². The first kappa shape index (κ1) is 16.5. The van der Waals surface area contributed by atoms with Crippen LogP contribution in [0.2, 0.25) is 5.28 Å². The third-order valence-electron chi connectivity index (χ3n) is 2.97. The van der Waals surface area contributed by atoms with Crippen molar-refractivity contribution < 1.29 is 4.74 Å². The molecule has 116 valence electrons. The van der Waals surface area contributed by atoms with Crippen molar-refractivity contribution >= 4 is 39.0 Å². The van der Waals surface area contributed by atoms with Crippen molar-refractivity contribution in [3.63, 3.8) is 0 Å². The lowest BCUT2D eigenvalue weighted by atomic mass is 10.2. The molecule has 6 heteroatoms. The summed E-state index contributed by atoms with van der Waals surface area (Å²) in [6.07, 6.45) is 1.95. The number of hydrogen-bond donors (Lipinski definition) is 1. The molecule has 0 amide bonds. The lowest BCUT2D eigenvalue weighted by Crippen LogP contribution is -2.09. The van der Waals surface area contributed by atoms with Crippen molar-refractivity contribution in [2.75, 3.05) is 25.1 Å². The Kier molecular flexibility index (Phi) is 6.21. The molecule has 4 nitrogen and oxygen atoms in total. The Morgan fingerprint density at radius 2 is 2.19 bits per heavy atom. The standard InChI is InChI=1S/C15H22ClN3OS/c1-4-11-8-12-13(18-15(16)19-14(12)21-11)17-6-5-7-20-9-10(2)3/h8,10H,4-7,9H2,1-3H3,(H,17,18,19). The maximum absolute atomic E-state index is 5.99. The highest BCUT2D eigenvalue weighted by molar-refractivity contribution is 7.18. The Bertz CT molecular complexity index is 586. The maximum Gasteiger partial charge on any atom is 0.225 e. The van der Waals surface area contributed by atoms with Crippen LogP contribution in [0.1, 0.15) is 32.1 Å². The predicted octanol–water partition coefficient (Wildman–Crippen LogP) is 4.38. The number of nitrogens with one attached hydrogen (secondary N) is 1. The summed E-state index contributed by atoms with van der Waals surface area (Å²) in [5, 5.41) is 4.70. The quantitative estimate of drug-likeness (QED) is 0.577. The first-order chi connectivity index (χ1) is 10.1. The van der Waals surface area contributed by atoms with Gasteiger partial charge in [-0.25, -0.2) is 9.97 Å². The number of anilines is 1. The van der Waals surface area contributed by atoms with Gasteiger partial charge in [0.15, 0.2) is 0 Å². The number of nitrogens with zero attached hydrogens (tertiary/aromatic N) is 2. The first-order valence-electron chi connectivity index (χ1n) is 7.37. The van der Waals surface area contributed by atoms with Gasteiger partial charge in [0, 0.05) is 24.6 Å². The molecule has 2 heterocycles. The van der Waals surface area contributed by atoms with Gasteiger partial charge in [0.25, 0.3) is 0 Å². The summed E-state index contributed by atoms with van der Waals surface area (Å²) >= 11 is 7.67. The van der Waals surface area contributed by atoms with Gasteiger partial charge in [0.1, 0.15) is 10.6 Å². The van der Waals surface area contributed by atoms with E-state index in [2.05, 4.69) is 42.1 Å². The van der Waals surface area contributed by atoms with E-state index in [9.17, 15) is 0 Å². The predicted molar refractivity (Wildman–Crippen MR) is 90.6 cm³/mol. The molecule has 21 heavy (non-hydrogen) atoms. The zero-order chi connectivity index (χ0) is 15.2. The Balaban J connectivity index is 1.93. The summed E-state index contributed by atoms with van der Waals surface area (Å²) in [4.78, 5) is 10.8. The van der Waals surface area contributed by atoms with E-state index in [0.29, 0.717) is 11.2 Å². The van der Waals surface area contributed by atoms with E-state index in [-0.39, 0.29) is 0 Å². The molecule has 0 aliphatic carbocycles. The molecule has 2 aromatic rings. The number of fused-ring (bicyclic) bond motifs is 1. The van der Waals surface area contributed by atoms with Crippen LogP contribution in [0.5, 0.6) is 0 Å². The first-order valence-corrected chi connectivity index (χ1v) is 8.57. The lowest BCUT2D eigenvalue weighted by molar-refractivity contribution is 0.110. The monoisotopic (exact) mass is 327 g/mol. The Hall–Kier alpha value is -0.910. The van der Waals surface area contributed by atoms with Crippen LogP contribution < -0.4 is 5.32 Å². The van der Waals surface area contributed by atoms with E-state index in [4.69, 9.17) is 16.3 Å². The molecule has 0 atom stereocenters. The fraction of sp³-hybridized carbons (Fsp3) is 0.600. The summed E-state index contributed by atoms with van der Waals surface area (Å²) in [5.74, 6) is 1.40. The highest BCUT2D eigenvalue weighted by Crippen LogP contribution is 2.30. The van der Waals surface area contributed by atoms with Gasteiger partial charge in [-0.2, -0.15) is 0 Å². The van der Waals surface area contributed by atoms with Crippen LogP contribution >= 0.6 is 22.9 Å². The molecule has 0 aliphatic heterocycles. The molecule has 0 unspecified atom stereocenters. The highest BCUT2D eigenvalue weighted by Gasteiger charge is 2.10. The summed E-state index contributed by atoms with van der Waals surface area (Å²) in [7, 11) is 0. The van der Waals surface area contributed by atoms with E-state index < -0.39 is 0 Å². The molecule has 0 spiro atoms. The molecule has 0 aliphatic rings. The molecule has 0 saturated carbocycles. The molecule has 0 bridgehead atoms. The molecule has 0 fully saturated rings. The SMILES string of the molecule is CCc1cc2c(NCCCOCC(C)C)nc(Cl)nc2s1. The summed E-state index contributed by atoms with van der Waals surface area (Å²) in [5.41, 5.74) is 0. The summed E-state index contributed by atoms with van der Waals surface area (Å²) < 4.78 is 5.57. The van der Waals surface area contributed by atoms with Crippen LogP contribution in [0.3, 0.4) is 0 Å². The van der Waals surface area contributed by atoms with Crippen LogP contribution in [-0.2, 0) is 11.2 Å². The van der Waals surface area contributed by atoms with Gasteiger partial charge in [0.2, 0.25) is 5.28 Å². The minimum absolute atomic E-state index is 0.297. The van der Waals surface area contributed by atoms with Gasteiger partial charge in [-0.1, -0.05) is 20.8 Å². The number of aryl methyl sites for hydroxylation is 1. The van der Waals surface area contributed by atoms with Crippen molar-refractivity contribution in [3.8, 4) is 0 Å². The minimum atomic E-state index is 0.297. The van der Waals surface area contributed by atoms with Crippen molar-refractivity contribution in [2.45, 2.75) is 33.6 Å². The van der Waals surface area contributed by atoms with Crippen LogP contribution in [0.4, 0.5) is 5.82 Å². The molecule has 0 aromatic carbocycles. The van der Waals surface area contributed by atoms with Crippen LogP contribution in [-0.4, -0.2) is 29.7 Å². The molecule has 2 aromatic heterocycles. The summed E-state index contributed by atoms with van der Waals surface area (Å²) in [6.45, 7) is 8.83. The van der Waals surface area contributed by atoms with Crippen LogP contribution in [0.25, 0.3) is 10.2 Å². The van der Waals surface area contributed by atoms with Gasteiger partial charge < -0.3 is 10.1 Å². The zero-order valence-corrected chi connectivity index (χ0v) is 14.4. The third kappa shape index (κ3) is 4.80. The molecule has 2 rings (SSSR count). The average Bonchev–Trinajstić information content (AvgIpc) is 2.85. The van der Waals surface area contributed by atoms with E-state index in [1.807, 2.05) is 0 Å². The number of aromatic nitrogens is 2. The second-order valence-electron chi connectivity index (χ2n) is 5.38. The molecular weight excluding hydrogens is 306 g/mol. The molecule has 0 saturated heterocycles. The molecule has 0 radical (unpaired) electrons. The van der Waals surface area contributed by atoms with E-state index >= 15 is 0 Å². The topological polar surface area (TPSA) is 47.0 Å². The van der Waals surface area contributed by atoms with Crippen molar-refractivity contribution in [2.24, 2.45) is 5.92 Å². The van der Waals surface area contributed by atoms with E-state index in [1.54, 1.807) is 11.3 Å². The van der Waals surface area contributed by atoms with Crippen molar-refractivity contribution in [1.82, 2.24) is 9.97 Å². The smallest absolute Gasteiger partial charge is 0.225 e. The second-order valence-corrected chi connectivity index (χ2v) is 6.83. The van der Waals surface area contributed by atoms with E-state index in [1.165, 1.54) is 4.88 Å². The van der Waals surface area contributed by atoms with Gasteiger partial charge >= 0.3 is 0 Å². The maximum atomic E-state index is 5.99.